The molecule has 0 aliphatic rings. The number of hydrogen-bond donors (Lipinski definition) is 2. The number of amides is 1. The monoisotopic (exact) mass is 502 g/mol. The number of nitrogens with one attached hydrogen (secondary N) is 2. The molecule has 0 saturated heterocycles. The highest BCUT2D eigenvalue weighted by Crippen LogP contribution is 2.27. The topological polar surface area (TPSA) is 101 Å². The Morgan fingerprint density at radius 3 is 2.50 bits per heavy atom. The molecule has 0 fully saturated rings. The Hall–Kier alpha value is -3.63. The molecule has 0 radical (unpaired) electrons. The van der Waals surface area contributed by atoms with Gasteiger partial charge < -0.3 is 5.32 Å². The first-order chi connectivity index (χ1) is 16.3. The van der Waals surface area contributed by atoms with E-state index in [2.05, 4.69) is 20.0 Å². The van der Waals surface area contributed by atoms with Crippen molar-refractivity contribution in [3.8, 4) is 0 Å². The van der Waals surface area contributed by atoms with E-state index in [1.165, 1.54) is 54.9 Å². The zero-order valence-corrected chi connectivity index (χ0v) is 18.9. The van der Waals surface area contributed by atoms with Gasteiger partial charge in [-0.1, -0.05) is 29.8 Å². The number of carbonyl (C=O) groups is 1. The number of anilines is 1. The molecule has 0 saturated carbocycles. The average Bonchev–Trinajstić information content (AvgIpc) is 2.82. The molecule has 1 aromatic heterocycles. The Morgan fingerprint density at radius 1 is 1.03 bits per heavy atom. The van der Waals surface area contributed by atoms with Crippen LogP contribution in [0.5, 0.6) is 0 Å². The van der Waals surface area contributed by atoms with Crippen molar-refractivity contribution in [2.45, 2.75) is 10.9 Å². The molecule has 0 aliphatic heterocycles. The molecule has 0 aliphatic carbocycles. The van der Waals surface area contributed by atoms with E-state index >= 15 is 0 Å². The van der Waals surface area contributed by atoms with Crippen LogP contribution in [0.15, 0.2) is 78.0 Å². The lowest BCUT2D eigenvalue weighted by molar-refractivity contribution is 0.0930. The molecule has 34 heavy (non-hydrogen) atoms. The van der Waals surface area contributed by atoms with Crippen LogP contribution in [0.2, 0.25) is 5.02 Å². The summed E-state index contributed by atoms with van der Waals surface area (Å²) in [7, 11) is -4.21. The van der Waals surface area contributed by atoms with Gasteiger partial charge in [-0.05, 0) is 48.0 Å². The smallest absolute Gasteiger partial charge is 0.264 e. The Labute approximate surface area is 198 Å². The third kappa shape index (κ3) is 4.97. The zero-order valence-electron chi connectivity index (χ0n) is 17.4. The van der Waals surface area contributed by atoms with Crippen LogP contribution in [0.4, 0.5) is 14.5 Å². The number of alkyl halides is 1. The standard InChI is InChI=1S/C23H17ClF2N4O3S/c24-15-6-9-17(23(31)29-20(13-25)14-4-7-16(26)8-5-14)19(12-15)30-34(32,33)21-3-1-2-18-22(21)28-11-10-27-18/h1-12,20,30H,13H2,(H,29,31). The van der Waals surface area contributed by atoms with Gasteiger partial charge in [-0.3, -0.25) is 19.5 Å². The molecular formula is C23H17ClF2N4O3S. The molecule has 2 N–H and O–H groups in total. The second-order valence-corrected chi connectivity index (χ2v) is 9.29. The van der Waals surface area contributed by atoms with Gasteiger partial charge in [0.2, 0.25) is 0 Å². The maximum absolute atomic E-state index is 13.7. The Balaban J connectivity index is 1.67. The molecule has 1 heterocycles. The molecule has 4 aromatic rings. The molecule has 1 unspecified atom stereocenters. The quantitative estimate of drug-likeness (QED) is 0.382. The fourth-order valence-corrected chi connectivity index (χ4v) is 4.73. The Kier molecular flexibility index (Phi) is 6.71. The maximum atomic E-state index is 13.7. The minimum Gasteiger partial charge on any atom is -0.343 e. The summed E-state index contributed by atoms with van der Waals surface area (Å²) in [6.07, 6.45) is 2.81. The van der Waals surface area contributed by atoms with Crippen molar-refractivity contribution in [3.05, 3.63) is 95.0 Å². The lowest BCUT2D eigenvalue weighted by Crippen LogP contribution is -2.30. The molecular weight excluding hydrogens is 486 g/mol. The summed E-state index contributed by atoms with van der Waals surface area (Å²) in [6.45, 7) is -0.958. The molecule has 3 aromatic carbocycles. The van der Waals surface area contributed by atoms with Crippen molar-refractivity contribution >= 4 is 44.3 Å². The number of hydrogen-bond acceptors (Lipinski definition) is 5. The number of aromatic nitrogens is 2. The van der Waals surface area contributed by atoms with E-state index < -0.39 is 34.5 Å². The van der Waals surface area contributed by atoms with E-state index in [9.17, 15) is 22.0 Å². The van der Waals surface area contributed by atoms with Crippen molar-refractivity contribution in [3.63, 3.8) is 0 Å². The summed E-state index contributed by atoms with van der Waals surface area (Å²) in [5.41, 5.74) is 0.684. The fourth-order valence-electron chi connectivity index (χ4n) is 3.32. The summed E-state index contributed by atoms with van der Waals surface area (Å²) in [6, 6.07) is 12.4. The number of nitrogens with zero attached hydrogens (tertiary/aromatic N) is 2. The van der Waals surface area contributed by atoms with Crippen LogP contribution in [0.3, 0.4) is 0 Å². The van der Waals surface area contributed by atoms with Crippen LogP contribution in [-0.2, 0) is 10.0 Å². The van der Waals surface area contributed by atoms with Gasteiger partial charge >= 0.3 is 0 Å². The second kappa shape index (κ2) is 9.70. The predicted molar refractivity (Wildman–Crippen MR) is 124 cm³/mol. The van der Waals surface area contributed by atoms with Crippen molar-refractivity contribution in [2.75, 3.05) is 11.4 Å². The number of carbonyl (C=O) groups excluding carboxylic acids is 1. The molecule has 1 atom stereocenters. The first-order valence-electron chi connectivity index (χ1n) is 9.93. The number of benzene rings is 3. The SMILES string of the molecule is O=C(NC(CF)c1ccc(F)cc1)c1ccc(Cl)cc1NS(=O)(=O)c1cccc2nccnc12. The van der Waals surface area contributed by atoms with E-state index in [4.69, 9.17) is 11.6 Å². The summed E-state index contributed by atoms with van der Waals surface area (Å²) in [5, 5.41) is 2.67. The fraction of sp³-hybridized carbons (Fsp3) is 0.0870. The third-order valence-electron chi connectivity index (χ3n) is 4.95. The summed E-state index contributed by atoms with van der Waals surface area (Å²) >= 11 is 6.05. The maximum Gasteiger partial charge on any atom is 0.264 e. The summed E-state index contributed by atoms with van der Waals surface area (Å²) in [4.78, 5) is 21.0. The molecule has 174 valence electrons. The van der Waals surface area contributed by atoms with E-state index in [1.807, 2.05) is 0 Å². The van der Waals surface area contributed by atoms with E-state index in [0.29, 0.717) is 11.1 Å². The van der Waals surface area contributed by atoms with Crippen LogP contribution >= 0.6 is 11.6 Å². The summed E-state index contributed by atoms with van der Waals surface area (Å²) < 4.78 is 55.6. The van der Waals surface area contributed by atoms with Crippen LogP contribution in [0.1, 0.15) is 22.0 Å². The van der Waals surface area contributed by atoms with Gasteiger partial charge in [-0.2, -0.15) is 0 Å². The van der Waals surface area contributed by atoms with Gasteiger partial charge in [-0.15, -0.1) is 0 Å². The van der Waals surface area contributed by atoms with Gasteiger partial charge in [0.15, 0.2) is 0 Å². The third-order valence-corrected chi connectivity index (χ3v) is 6.59. The van der Waals surface area contributed by atoms with Crippen LogP contribution < -0.4 is 10.0 Å². The normalized spacial score (nSPS) is 12.3. The predicted octanol–water partition coefficient (Wildman–Crippen LogP) is 4.66. The van der Waals surface area contributed by atoms with Crippen molar-refractivity contribution in [2.24, 2.45) is 0 Å². The van der Waals surface area contributed by atoms with Gasteiger partial charge in [-0.25, -0.2) is 17.2 Å². The number of halogens is 3. The highest BCUT2D eigenvalue weighted by molar-refractivity contribution is 7.93. The van der Waals surface area contributed by atoms with E-state index in [-0.39, 0.29) is 26.7 Å². The lowest BCUT2D eigenvalue weighted by Gasteiger charge is -2.18. The molecule has 4 rings (SSSR count). The van der Waals surface area contributed by atoms with Gasteiger partial charge in [0.1, 0.15) is 22.9 Å². The van der Waals surface area contributed by atoms with Crippen molar-refractivity contribution in [1.29, 1.82) is 0 Å². The minimum atomic E-state index is -4.21. The van der Waals surface area contributed by atoms with Crippen molar-refractivity contribution in [1.82, 2.24) is 15.3 Å². The molecule has 11 heteroatoms. The number of para-hydroxylation sites is 1. The number of rotatable bonds is 7. The lowest BCUT2D eigenvalue weighted by atomic mass is 10.1. The zero-order chi connectivity index (χ0) is 24.3. The second-order valence-electron chi connectivity index (χ2n) is 7.21. The molecule has 0 bridgehead atoms. The summed E-state index contributed by atoms with van der Waals surface area (Å²) in [5.74, 6) is -1.25. The highest BCUT2D eigenvalue weighted by Gasteiger charge is 2.24. The van der Waals surface area contributed by atoms with E-state index in [1.54, 1.807) is 6.07 Å². The first-order valence-corrected chi connectivity index (χ1v) is 11.8. The van der Waals surface area contributed by atoms with Gasteiger partial charge in [0.05, 0.1) is 22.8 Å². The minimum absolute atomic E-state index is 0.0835. The van der Waals surface area contributed by atoms with Crippen LogP contribution in [0, 0.1) is 5.82 Å². The highest BCUT2D eigenvalue weighted by atomic mass is 35.5. The first kappa shape index (κ1) is 23.5. The average molecular weight is 503 g/mol. The Bertz CT molecular complexity index is 1460. The number of fused-ring (bicyclic) bond motifs is 1. The van der Waals surface area contributed by atoms with Gasteiger partial charge in [0.25, 0.3) is 15.9 Å². The van der Waals surface area contributed by atoms with Crippen LogP contribution in [-0.4, -0.2) is 31.0 Å². The number of sulfonamides is 1. The largest absolute Gasteiger partial charge is 0.343 e. The molecule has 0 spiro atoms. The molecule has 1 amide bonds. The van der Waals surface area contributed by atoms with Crippen molar-refractivity contribution < 1.29 is 22.0 Å². The molecule has 7 nitrogen and oxygen atoms in total. The Morgan fingerprint density at radius 2 is 1.76 bits per heavy atom. The van der Waals surface area contributed by atoms with E-state index in [0.717, 1.165) is 12.1 Å². The van der Waals surface area contributed by atoms with Gasteiger partial charge in [0, 0.05) is 17.4 Å². The van der Waals surface area contributed by atoms with Crippen LogP contribution in [0.25, 0.3) is 11.0 Å².